The molecule has 3 heteroatoms. The topological polar surface area (TPSA) is 0 Å². The number of halogens is 2. The zero-order chi connectivity index (χ0) is 23.2. The Bertz CT molecular complexity index is 1130. The molecule has 2 aliphatic rings. The van der Waals surface area contributed by atoms with E-state index in [9.17, 15) is 0 Å². The molecule has 0 nitrogen and oxygen atoms in total. The van der Waals surface area contributed by atoms with Crippen LogP contribution in [0.4, 0.5) is 0 Å². The van der Waals surface area contributed by atoms with Crippen molar-refractivity contribution < 1.29 is 42.2 Å². The molecule has 2 aliphatic carbocycles. The zero-order valence-electron chi connectivity index (χ0n) is 21.7. The van der Waals surface area contributed by atoms with E-state index in [2.05, 4.69) is 116 Å². The molecule has 0 spiro atoms. The Morgan fingerprint density at radius 2 is 0.853 bits per heavy atom. The predicted molar refractivity (Wildman–Crippen MR) is 137 cm³/mol. The second-order valence-electron chi connectivity index (χ2n) is 9.62. The van der Waals surface area contributed by atoms with E-state index in [1.54, 1.807) is 33.9 Å². The van der Waals surface area contributed by atoms with Gasteiger partial charge in [0.1, 0.15) is 0 Å². The van der Waals surface area contributed by atoms with Gasteiger partial charge in [0, 0.05) is 0 Å². The van der Waals surface area contributed by atoms with Gasteiger partial charge in [0.15, 0.2) is 0 Å². The summed E-state index contributed by atoms with van der Waals surface area (Å²) in [6.45, 7) is 19.1. The van der Waals surface area contributed by atoms with Gasteiger partial charge in [0.2, 0.25) is 0 Å². The molecule has 34 heavy (non-hydrogen) atoms. The van der Waals surface area contributed by atoms with Crippen molar-refractivity contribution in [3.63, 3.8) is 0 Å². The average Bonchev–Trinajstić information content (AvgIpc) is 3.12. The molecule has 178 valence electrons. The number of rotatable bonds is 4. The fourth-order valence-corrected chi connectivity index (χ4v) is 12.1. The molecule has 0 bridgehead atoms. The minimum absolute atomic E-state index is 0. The Hall–Kier alpha value is -1.44. The van der Waals surface area contributed by atoms with E-state index in [1.807, 2.05) is 0 Å². The summed E-state index contributed by atoms with van der Waals surface area (Å²) < 4.78 is 5.12. The maximum atomic E-state index is 2.45. The van der Waals surface area contributed by atoms with Crippen LogP contribution in [0.3, 0.4) is 0 Å². The average molecular weight is 527 g/mol. The molecule has 0 radical (unpaired) electrons. The van der Waals surface area contributed by atoms with E-state index in [0.717, 1.165) is 0 Å². The molecule has 0 heterocycles. The van der Waals surface area contributed by atoms with Gasteiger partial charge in [0.05, 0.1) is 0 Å². The third kappa shape index (κ3) is 4.80. The number of hydrogen-bond acceptors (Lipinski definition) is 0. The molecule has 2 unspecified atom stereocenters. The second kappa shape index (κ2) is 11.5. The summed E-state index contributed by atoms with van der Waals surface area (Å²) in [6, 6.07) is 22.4. The number of hydrogen-bond donors (Lipinski definition) is 0. The third-order valence-electron chi connectivity index (χ3n) is 8.19. The van der Waals surface area contributed by atoms with Gasteiger partial charge < -0.3 is 24.8 Å². The van der Waals surface area contributed by atoms with E-state index in [4.69, 9.17) is 0 Å². The van der Waals surface area contributed by atoms with Gasteiger partial charge in [-0.1, -0.05) is 0 Å². The molecule has 0 saturated heterocycles. The Morgan fingerprint density at radius 3 is 1.12 bits per heavy atom. The van der Waals surface area contributed by atoms with Gasteiger partial charge in [-0.3, -0.25) is 0 Å². The van der Waals surface area contributed by atoms with Crippen LogP contribution in [0.15, 0.2) is 102 Å². The maximum absolute atomic E-state index is 2.45. The van der Waals surface area contributed by atoms with Crippen molar-refractivity contribution in [3.8, 4) is 0 Å². The molecule has 0 saturated carbocycles. The third-order valence-corrected chi connectivity index (χ3v) is 14.1. The van der Waals surface area contributed by atoms with Crippen molar-refractivity contribution in [2.75, 3.05) is 0 Å². The molecule has 0 N–H and O–H groups in total. The fraction of sp³-hybridized carbons (Fsp3) is 0.323. The molecule has 0 amide bonds. The van der Waals surface area contributed by atoms with Crippen LogP contribution in [0.25, 0.3) is 0 Å². The summed E-state index contributed by atoms with van der Waals surface area (Å²) in [7, 11) is 0. The fourth-order valence-electron chi connectivity index (χ4n) is 5.61. The zero-order valence-corrected chi connectivity index (χ0v) is 24.8. The van der Waals surface area contributed by atoms with Crippen molar-refractivity contribution >= 4 is 3.81 Å². The Morgan fingerprint density at radius 1 is 0.529 bits per heavy atom. The van der Waals surface area contributed by atoms with E-state index in [-0.39, 0.29) is 24.8 Å². The first-order chi connectivity index (χ1) is 15.3. The molecule has 2 aromatic carbocycles. The van der Waals surface area contributed by atoms with E-state index < -0.39 is 17.4 Å². The van der Waals surface area contributed by atoms with Crippen molar-refractivity contribution in [1.82, 2.24) is 0 Å². The molecular formula is C31H36Cl2Ti. The van der Waals surface area contributed by atoms with Crippen LogP contribution in [0.1, 0.15) is 66.5 Å². The molecule has 2 aromatic rings. The minimum Gasteiger partial charge on any atom is -1.00 e. The van der Waals surface area contributed by atoms with Crippen LogP contribution in [0.5, 0.6) is 0 Å². The van der Waals surface area contributed by atoms with Crippen molar-refractivity contribution in [2.45, 2.75) is 55.4 Å². The molecule has 0 fully saturated rings. The predicted octanol–water partition coefficient (Wildman–Crippen LogP) is 2.40. The van der Waals surface area contributed by atoms with Crippen LogP contribution < -0.4 is 24.8 Å². The summed E-state index contributed by atoms with van der Waals surface area (Å²) in [5.41, 5.74) is 12.1. The SMILES string of the molecule is CC1=C(C)C(C)[C]([Ti+2]([C]2=C(C)C(C)=C(C)C2C)=[C](c2ccccc2)c2ccccc2)=C1C.[Cl-].[Cl-]. The summed E-state index contributed by atoms with van der Waals surface area (Å²) in [6.07, 6.45) is 0. The molecular weight excluding hydrogens is 491 g/mol. The standard InChI is InChI=1S/C13H10.2C9H13.2ClH.Ti/c1-3-7-12(8-4-1)11-13-9-5-2-6-10-13;2*1-6-5-7(2)9(4)8(6)3;;;/h1-10H;2*6H,1-4H3;2*1H;/q;;;;;+2/p-2. The molecule has 4 rings (SSSR count). The Labute approximate surface area is 225 Å². The van der Waals surface area contributed by atoms with Gasteiger partial charge in [-0.2, -0.15) is 0 Å². The van der Waals surface area contributed by atoms with Crippen LogP contribution in [0.2, 0.25) is 0 Å². The number of allylic oxidation sites excluding steroid dienone is 8. The van der Waals surface area contributed by atoms with E-state index in [1.165, 1.54) is 22.3 Å². The second-order valence-corrected chi connectivity index (χ2v) is 13.3. The summed E-state index contributed by atoms with van der Waals surface area (Å²) in [4.78, 5) is 0. The molecule has 0 aromatic heterocycles. The van der Waals surface area contributed by atoms with Gasteiger partial charge >= 0.3 is 201 Å². The van der Waals surface area contributed by atoms with E-state index in [0.29, 0.717) is 11.8 Å². The van der Waals surface area contributed by atoms with Gasteiger partial charge in [0.25, 0.3) is 0 Å². The van der Waals surface area contributed by atoms with Crippen molar-refractivity contribution in [3.05, 3.63) is 113 Å². The first kappa shape index (κ1) is 28.8. The Balaban J connectivity index is 0.00000204. The van der Waals surface area contributed by atoms with Crippen LogP contribution in [-0.4, -0.2) is 3.81 Å². The largest absolute Gasteiger partial charge is 1.00 e. The summed E-state index contributed by atoms with van der Waals surface area (Å²) in [5, 5.41) is 0. The first-order valence-electron chi connectivity index (χ1n) is 11.9. The first-order valence-corrected chi connectivity index (χ1v) is 14.2. The number of benzene rings is 2. The normalized spacial score (nSPS) is 19.7. The quantitative estimate of drug-likeness (QED) is 0.537. The summed E-state index contributed by atoms with van der Waals surface area (Å²) in [5.74, 6) is 1.06. The van der Waals surface area contributed by atoms with Crippen LogP contribution in [-0.2, 0) is 17.4 Å². The molecule has 2 atom stereocenters. The van der Waals surface area contributed by atoms with E-state index >= 15 is 0 Å². The molecule has 0 aliphatic heterocycles. The smallest absolute Gasteiger partial charge is 1.00 e. The maximum Gasteiger partial charge on any atom is -1.00 e. The van der Waals surface area contributed by atoms with Crippen molar-refractivity contribution in [2.24, 2.45) is 11.8 Å². The minimum atomic E-state index is -2.09. The summed E-state index contributed by atoms with van der Waals surface area (Å²) >= 11 is -2.09. The van der Waals surface area contributed by atoms with Crippen LogP contribution >= 0.6 is 0 Å². The Kier molecular flexibility index (Phi) is 9.77. The van der Waals surface area contributed by atoms with Gasteiger partial charge in [-0.15, -0.1) is 0 Å². The van der Waals surface area contributed by atoms with Gasteiger partial charge in [-0.05, 0) is 0 Å². The van der Waals surface area contributed by atoms with Crippen LogP contribution in [0, 0.1) is 11.8 Å². The van der Waals surface area contributed by atoms with Gasteiger partial charge in [-0.25, -0.2) is 0 Å². The monoisotopic (exact) mass is 526 g/mol. The van der Waals surface area contributed by atoms with Crippen molar-refractivity contribution in [1.29, 1.82) is 0 Å².